The van der Waals surface area contributed by atoms with Gasteiger partial charge in [0.15, 0.2) is 16.8 Å². The van der Waals surface area contributed by atoms with Crippen molar-refractivity contribution in [2.75, 3.05) is 11.9 Å². The highest BCUT2D eigenvalue weighted by atomic mass is 35.5. The SMILES string of the molecule is CC1(C)CC(CNc2ccc(F)c(F)c2)(c2nccnc2Cl)C1. The van der Waals surface area contributed by atoms with E-state index in [1.807, 2.05) is 0 Å². The van der Waals surface area contributed by atoms with Gasteiger partial charge in [-0.15, -0.1) is 0 Å². The normalized spacial score (nSPS) is 18.3. The second kappa shape index (κ2) is 5.71. The van der Waals surface area contributed by atoms with Gasteiger partial charge in [-0.3, -0.25) is 4.98 Å². The number of nitrogens with one attached hydrogen (secondary N) is 1. The van der Waals surface area contributed by atoms with Crippen LogP contribution in [0.2, 0.25) is 5.15 Å². The van der Waals surface area contributed by atoms with Gasteiger partial charge in [0.1, 0.15) is 0 Å². The number of aromatic nitrogens is 2. The molecule has 23 heavy (non-hydrogen) atoms. The summed E-state index contributed by atoms with van der Waals surface area (Å²) in [6, 6.07) is 3.80. The molecule has 0 aliphatic heterocycles. The van der Waals surface area contributed by atoms with E-state index in [9.17, 15) is 8.78 Å². The monoisotopic (exact) mass is 337 g/mol. The number of nitrogens with zero attached hydrogens (tertiary/aromatic N) is 2. The lowest BCUT2D eigenvalue weighted by molar-refractivity contribution is 0.0632. The third-order valence-electron chi connectivity index (χ3n) is 4.34. The first-order valence-electron chi connectivity index (χ1n) is 7.47. The number of hydrogen-bond donors (Lipinski definition) is 1. The molecule has 1 aliphatic rings. The summed E-state index contributed by atoms with van der Waals surface area (Å²) >= 11 is 6.23. The molecule has 122 valence electrons. The number of benzene rings is 1. The quantitative estimate of drug-likeness (QED) is 0.887. The molecule has 0 spiro atoms. The van der Waals surface area contributed by atoms with Gasteiger partial charge in [0.25, 0.3) is 0 Å². The number of rotatable bonds is 4. The lowest BCUT2D eigenvalue weighted by Gasteiger charge is -2.53. The molecule has 3 rings (SSSR count). The van der Waals surface area contributed by atoms with Crippen LogP contribution in [0.5, 0.6) is 0 Å². The zero-order chi connectivity index (χ0) is 16.7. The van der Waals surface area contributed by atoms with Crippen molar-refractivity contribution in [3.8, 4) is 0 Å². The van der Waals surface area contributed by atoms with Crippen LogP contribution in [-0.4, -0.2) is 16.5 Å². The zero-order valence-corrected chi connectivity index (χ0v) is 13.8. The first kappa shape index (κ1) is 16.1. The van der Waals surface area contributed by atoms with Crippen LogP contribution in [0.15, 0.2) is 30.6 Å². The number of hydrogen-bond acceptors (Lipinski definition) is 3. The third-order valence-corrected chi connectivity index (χ3v) is 4.62. The van der Waals surface area contributed by atoms with Crippen LogP contribution in [0.25, 0.3) is 0 Å². The minimum atomic E-state index is -0.865. The molecule has 0 amide bonds. The molecule has 3 nitrogen and oxygen atoms in total. The number of anilines is 1. The molecule has 1 saturated carbocycles. The van der Waals surface area contributed by atoms with Gasteiger partial charge in [-0.1, -0.05) is 25.4 Å². The van der Waals surface area contributed by atoms with Gasteiger partial charge in [-0.25, -0.2) is 13.8 Å². The van der Waals surface area contributed by atoms with E-state index in [0.717, 1.165) is 30.7 Å². The molecule has 2 aromatic rings. The molecular weight excluding hydrogens is 320 g/mol. The van der Waals surface area contributed by atoms with E-state index in [1.165, 1.54) is 6.07 Å². The van der Waals surface area contributed by atoms with Crippen molar-refractivity contribution in [3.63, 3.8) is 0 Å². The van der Waals surface area contributed by atoms with E-state index in [4.69, 9.17) is 11.6 Å². The Morgan fingerprint density at radius 2 is 1.83 bits per heavy atom. The van der Waals surface area contributed by atoms with Gasteiger partial charge in [0.2, 0.25) is 0 Å². The Bertz CT molecular complexity index is 726. The van der Waals surface area contributed by atoms with Crippen LogP contribution >= 0.6 is 11.6 Å². The molecule has 0 unspecified atom stereocenters. The maximum atomic E-state index is 13.3. The second-order valence-electron chi connectivity index (χ2n) is 6.98. The summed E-state index contributed by atoms with van der Waals surface area (Å²) in [5, 5.41) is 3.58. The summed E-state index contributed by atoms with van der Waals surface area (Å²) in [5.41, 5.74) is 1.24. The van der Waals surface area contributed by atoms with Crippen molar-refractivity contribution in [2.45, 2.75) is 32.1 Å². The molecule has 1 fully saturated rings. The molecular formula is C17H18ClF2N3. The smallest absolute Gasteiger partial charge is 0.160 e. The van der Waals surface area contributed by atoms with Crippen LogP contribution in [0, 0.1) is 17.0 Å². The Labute approximate surface area is 139 Å². The van der Waals surface area contributed by atoms with E-state index in [2.05, 4.69) is 29.1 Å². The lowest BCUT2D eigenvalue weighted by atomic mass is 9.53. The van der Waals surface area contributed by atoms with E-state index in [0.29, 0.717) is 17.4 Å². The minimum Gasteiger partial charge on any atom is -0.384 e. The van der Waals surface area contributed by atoms with Crippen LogP contribution in [0.4, 0.5) is 14.5 Å². The summed E-state index contributed by atoms with van der Waals surface area (Å²) in [6.07, 6.45) is 4.99. The van der Waals surface area contributed by atoms with Crippen molar-refractivity contribution >= 4 is 17.3 Å². The van der Waals surface area contributed by atoms with E-state index in [1.54, 1.807) is 12.4 Å². The molecule has 0 bridgehead atoms. The molecule has 0 saturated heterocycles. The van der Waals surface area contributed by atoms with E-state index < -0.39 is 11.6 Å². The first-order valence-corrected chi connectivity index (χ1v) is 7.85. The molecule has 1 heterocycles. The highest BCUT2D eigenvalue weighted by Crippen LogP contribution is 2.55. The Hall–Kier alpha value is -1.75. The molecule has 1 aliphatic carbocycles. The maximum absolute atomic E-state index is 13.3. The summed E-state index contributed by atoms with van der Waals surface area (Å²) in [7, 11) is 0. The molecule has 1 aromatic heterocycles. The first-order chi connectivity index (χ1) is 10.8. The molecule has 1 aromatic carbocycles. The highest BCUT2D eigenvalue weighted by Gasteiger charge is 2.52. The second-order valence-corrected chi connectivity index (χ2v) is 7.33. The molecule has 0 atom stereocenters. The molecule has 6 heteroatoms. The predicted octanol–water partition coefficient (Wildman–Crippen LogP) is 4.58. The highest BCUT2D eigenvalue weighted by molar-refractivity contribution is 6.30. The summed E-state index contributed by atoms with van der Waals surface area (Å²) in [6.45, 7) is 4.92. The van der Waals surface area contributed by atoms with Crippen molar-refractivity contribution in [1.82, 2.24) is 9.97 Å². The summed E-state index contributed by atoms with van der Waals surface area (Å²) in [5.74, 6) is -1.72. The number of halogens is 3. The third kappa shape index (κ3) is 3.15. The van der Waals surface area contributed by atoms with Crippen LogP contribution in [-0.2, 0) is 5.41 Å². The van der Waals surface area contributed by atoms with E-state index >= 15 is 0 Å². The van der Waals surface area contributed by atoms with Crippen molar-refractivity contribution < 1.29 is 8.78 Å². The van der Waals surface area contributed by atoms with Crippen LogP contribution in [0.3, 0.4) is 0 Å². The Morgan fingerprint density at radius 3 is 2.43 bits per heavy atom. The van der Waals surface area contributed by atoms with Gasteiger partial charge in [-0.05, 0) is 36.5 Å². The fourth-order valence-electron chi connectivity index (χ4n) is 3.71. The summed E-state index contributed by atoms with van der Waals surface area (Å²) < 4.78 is 26.4. The van der Waals surface area contributed by atoms with Crippen LogP contribution < -0.4 is 5.32 Å². The van der Waals surface area contributed by atoms with E-state index in [-0.39, 0.29) is 10.8 Å². The summed E-state index contributed by atoms with van der Waals surface area (Å²) in [4.78, 5) is 8.53. The van der Waals surface area contributed by atoms with Gasteiger partial charge in [-0.2, -0.15) is 0 Å². The largest absolute Gasteiger partial charge is 0.384 e. The Balaban J connectivity index is 1.84. The van der Waals surface area contributed by atoms with Crippen LogP contribution in [0.1, 0.15) is 32.4 Å². The fourth-order valence-corrected chi connectivity index (χ4v) is 4.02. The average molecular weight is 338 g/mol. The van der Waals surface area contributed by atoms with Crippen molar-refractivity contribution in [1.29, 1.82) is 0 Å². The molecule has 1 N–H and O–H groups in total. The Kier molecular flexibility index (Phi) is 4.00. The fraction of sp³-hybridized carbons (Fsp3) is 0.412. The van der Waals surface area contributed by atoms with Crippen molar-refractivity contribution in [2.24, 2.45) is 5.41 Å². The van der Waals surface area contributed by atoms with Gasteiger partial charge >= 0.3 is 0 Å². The topological polar surface area (TPSA) is 37.8 Å². The van der Waals surface area contributed by atoms with Gasteiger partial charge in [0.05, 0.1) is 5.69 Å². The zero-order valence-electron chi connectivity index (χ0n) is 13.0. The predicted molar refractivity (Wildman–Crippen MR) is 86.6 cm³/mol. The Morgan fingerprint density at radius 1 is 1.13 bits per heavy atom. The average Bonchev–Trinajstić information content (AvgIpc) is 2.46. The van der Waals surface area contributed by atoms with Gasteiger partial charge in [0, 0.05) is 30.0 Å². The maximum Gasteiger partial charge on any atom is 0.160 e. The molecule has 0 radical (unpaired) electrons. The standard InChI is InChI=1S/C17H18ClF2N3/c1-16(2)8-17(9-16,14-15(18)22-6-5-21-14)10-23-11-3-4-12(19)13(20)7-11/h3-7,23H,8-10H2,1-2H3. The van der Waals surface area contributed by atoms with Crippen molar-refractivity contribution in [3.05, 3.63) is 53.1 Å². The lowest BCUT2D eigenvalue weighted by Crippen LogP contribution is -2.51. The minimum absolute atomic E-state index is 0.191. The van der Waals surface area contributed by atoms with Gasteiger partial charge < -0.3 is 5.32 Å².